The van der Waals surface area contributed by atoms with E-state index in [1.165, 1.54) is 11.6 Å². The number of benzene rings is 2. The highest BCUT2D eigenvalue weighted by Crippen LogP contribution is 2.41. The fourth-order valence-corrected chi connectivity index (χ4v) is 4.12. The minimum atomic E-state index is -4.67. The van der Waals surface area contributed by atoms with Crippen LogP contribution in [0.15, 0.2) is 54.6 Å². The normalized spacial score (nSPS) is 23.2. The Hall–Kier alpha value is -2.14. The van der Waals surface area contributed by atoms with E-state index in [2.05, 4.69) is 23.1 Å². The number of hydrogen-bond acceptors (Lipinski definition) is 1. The van der Waals surface area contributed by atoms with Crippen LogP contribution in [0.4, 0.5) is 17.6 Å². The Morgan fingerprint density at radius 1 is 1.00 bits per heavy atom. The minimum absolute atomic E-state index is 0.225. The Morgan fingerprint density at radius 2 is 1.77 bits per heavy atom. The predicted molar refractivity (Wildman–Crippen MR) is 92.8 cm³/mol. The van der Waals surface area contributed by atoms with E-state index in [0.29, 0.717) is 18.0 Å². The second kappa shape index (κ2) is 6.54. The lowest BCUT2D eigenvalue weighted by Crippen LogP contribution is -2.37. The zero-order valence-electron chi connectivity index (χ0n) is 14.1. The maximum Gasteiger partial charge on any atom is 0.419 e. The maximum atomic E-state index is 13.6. The van der Waals surface area contributed by atoms with Gasteiger partial charge in [-0.2, -0.15) is 13.2 Å². The number of alkyl halides is 3. The van der Waals surface area contributed by atoms with E-state index in [1.54, 1.807) is 0 Å². The predicted octanol–water partition coefficient (Wildman–Crippen LogP) is 5.66. The second-order valence-electron chi connectivity index (χ2n) is 7.04. The molecular formula is C21H19F4N. The van der Waals surface area contributed by atoms with Crippen molar-refractivity contribution in [2.24, 2.45) is 0 Å². The molecule has 2 aromatic carbocycles. The first-order chi connectivity index (χ1) is 12.4. The van der Waals surface area contributed by atoms with Crippen LogP contribution >= 0.6 is 0 Å². The van der Waals surface area contributed by atoms with Crippen LogP contribution in [0, 0.1) is 5.82 Å². The van der Waals surface area contributed by atoms with Crippen molar-refractivity contribution in [1.82, 2.24) is 4.90 Å². The van der Waals surface area contributed by atoms with E-state index in [9.17, 15) is 17.6 Å². The van der Waals surface area contributed by atoms with Crippen LogP contribution in [0.5, 0.6) is 0 Å². The number of nitrogens with zero attached hydrogens (tertiary/aromatic N) is 1. The van der Waals surface area contributed by atoms with Crippen LogP contribution < -0.4 is 0 Å². The summed E-state index contributed by atoms with van der Waals surface area (Å²) in [5.74, 6) is -1.22. The molecule has 5 heteroatoms. The Kier molecular flexibility index (Phi) is 4.35. The molecular weight excluding hydrogens is 342 g/mol. The fourth-order valence-electron chi connectivity index (χ4n) is 4.12. The van der Waals surface area contributed by atoms with Gasteiger partial charge < -0.3 is 0 Å². The van der Waals surface area contributed by atoms with Gasteiger partial charge in [0.25, 0.3) is 0 Å². The monoisotopic (exact) mass is 361 g/mol. The van der Waals surface area contributed by atoms with Crippen LogP contribution in [0.2, 0.25) is 0 Å². The number of fused-ring (bicyclic) bond motifs is 2. The molecule has 0 aromatic heterocycles. The maximum absolute atomic E-state index is 13.6. The van der Waals surface area contributed by atoms with Gasteiger partial charge >= 0.3 is 6.18 Å². The summed E-state index contributed by atoms with van der Waals surface area (Å²) < 4.78 is 52.5. The van der Waals surface area contributed by atoms with Gasteiger partial charge in [0.1, 0.15) is 5.82 Å². The zero-order valence-corrected chi connectivity index (χ0v) is 14.1. The Balaban J connectivity index is 1.60. The average Bonchev–Trinajstić information content (AvgIpc) is 2.84. The lowest BCUT2D eigenvalue weighted by molar-refractivity contribution is -0.140. The van der Waals surface area contributed by atoms with Crippen molar-refractivity contribution >= 4 is 5.57 Å². The van der Waals surface area contributed by atoms with Crippen molar-refractivity contribution in [3.63, 3.8) is 0 Å². The first-order valence-corrected chi connectivity index (χ1v) is 8.79. The van der Waals surface area contributed by atoms with Crippen molar-refractivity contribution in [1.29, 1.82) is 0 Å². The summed E-state index contributed by atoms with van der Waals surface area (Å²) in [7, 11) is 0. The average molecular weight is 361 g/mol. The molecule has 4 rings (SSSR count). The third kappa shape index (κ3) is 3.28. The molecule has 2 unspecified atom stereocenters. The second-order valence-corrected chi connectivity index (χ2v) is 7.04. The molecule has 136 valence electrons. The van der Waals surface area contributed by atoms with Crippen LogP contribution in [0.1, 0.15) is 36.0 Å². The quantitative estimate of drug-likeness (QED) is 0.637. The van der Waals surface area contributed by atoms with Gasteiger partial charge in [0.2, 0.25) is 0 Å². The van der Waals surface area contributed by atoms with Gasteiger partial charge in [0.05, 0.1) is 5.56 Å². The van der Waals surface area contributed by atoms with Crippen LogP contribution in [-0.2, 0) is 12.7 Å². The summed E-state index contributed by atoms with van der Waals surface area (Å²) in [6.45, 7) is 0.844. The molecule has 2 aliphatic heterocycles. The number of hydrogen-bond donors (Lipinski definition) is 0. The molecule has 0 spiro atoms. The first-order valence-electron chi connectivity index (χ1n) is 8.79. The molecule has 1 nitrogen and oxygen atoms in total. The van der Waals surface area contributed by atoms with Gasteiger partial charge in [0.15, 0.2) is 0 Å². The summed E-state index contributed by atoms with van der Waals surface area (Å²) in [5, 5.41) is 0. The van der Waals surface area contributed by atoms with Crippen molar-refractivity contribution < 1.29 is 17.6 Å². The van der Waals surface area contributed by atoms with E-state index >= 15 is 0 Å². The molecule has 1 fully saturated rings. The molecule has 2 aliphatic rings. The standard InChI is InChI=1S/C21H19F4N/c22-20-9-6-15(12-19(20)21(23,24)25)16-10-17-7-8-18(11-16)26(17)13-14-4-2-1-3-5-14/h1-6,9-10,12,17-18H,7-8,11,13H2. The Morgan fingerprint density at radius 3 is 2.46 bits per heavy atom. The third-order valence-electron chi connectivity index (χ3n) is 5.39. The molecule has 2 bridgehead atoms. The van der Waals surface area contributed by atoms with E-state index in [-0.39, 0.29) is 6.04 Å². The topological polar surface area (TPSA) is 3.24 Å². The van der Waals surface area contributed by atoms with Gasteiger partial charge in [0, 0.05) is 18.6 Å². The Labute approximate surface area is 149 Å². The highest BCUT2D eigenvalue weighted by molar-refractivity contribution is 5.68. The van der Waals surface area contributed by atoms with E-state index < -0.39 is 17.6 Å². The van der Waals surface area contributed by atoms with Crippen LogP contribution in [-0.4, -0.2) is 17.0 Å². The molecule has 0 radical (unpaired) electrons. The molecule has 2 aromatic rings. The van der Waals surface area contributed by atoms with Crippen molar-refractivity contribution in [3.8, 4) is 0 Å². The lowest BCUT2D eigenvalue weighted by atomic mass is 9.93. The molecule has 0 N–H and O–H groups in total. The number of rotatable bonds is 3. The van der Waals surface area contributed by atoms with Gasteiger partial charge in [-0.05, 0) is 48.1 Å². The van der Waals surface area contributed by atoms with Crippen LogP contribution in [0.3, 0.4) is 0 Å². The summed E-state index contributed by atoms with van der Waals surface area (Å²) in [5.41, 5.74) is 1.43. The molecule has 0 saturated carbocycles. The van der Waals surface area contributed by atoms with Crippen LogP contribution in [0.25, 0.3) is 5.57 Å². The summed E-state index contributed by atoms with van der Waals surface area (Å²) in [6.07, 6.45) is 0.138. The first kappa shape index (κ1) is 17.3. The highest BCUT2D eigenvalue weighted by Gasteiger charge is 2.38. The smallest absolute Gasteiger partial charge is 0.289 e. The molecule has 0 aliphatic carbocycles. The number of halogens is 4. The summed E-state index contributed by atoms with van der Waals surface area (Å²) in [6, 6.07) is 14.1. The van der Waals surface area contributed by atoms with Crippen molar-refractivity contribution in [2.45, 2.75) is 44.1 Å². The third-order valence-corrected chi connectivity index (χ3v) is 5.39. The lowest BCUT2D eigenvalue weighted by Gasteiger charge is -2.34. The van der Waals surface area contributed by atoms with E-state index in [1.807, 2.05) is 18.2 Å². The zero-order chi connectivity index (χ0) is 18.3. The van der Waals surface area contributed by atoms with Crippen molar-refractivity contribution in [3.05, 3.63) is 77.1 Å². The van der Waals surface area contributed by atoms with E-state index in [4.69, 9.17) is 0 Å². The van der Waals surface area contributed by atoms with Gasteiger partial charge in [-0.25, -0.2) is 4.39 Å². The van der Waals surface area contributed by atoms with Crippen molar-refractivity contribution in [2.75, 3.05) is 0 Å². The fraction of sp³-hybridized carbons (Fsp3) is 0.333. The highest BCUT2D eigenvalue weighted by atomic mass is 19.4. The van der Waals surface area contributed by atoms with Gasteiger partial charge in [-0.3, -0.25) is 4.90 Å². The Bertz CT molecular complexity index is 826. The molecule has 26 heavy (non-hydrogen) atoms. The molecule has 0 amide bonds. The molecule has 2 heterocycles. The largest absolute Gasteiger partial charge is 0.419 e. The minimum Gasteiger partial charge on any atom is -0.289 e. The summed E-state index contributed by atoms with van der Waals surface area (Å²) >= 11 is 0. The molecule has 2 atom stereocenters. The van der Waals surface area contributed by atoms with E-state index in [0.717, 1.165) is 37.1 Å². The van der Waals surface area contributed by atoms with Gasteiger partial charge in [-0.1, -0.05) is 42.5 Å². The summed E-state index contributed by atoms with van der Waals surface area (Å²) in [4.78, 5) is 2.42. The van der Waals surface area contributed by atoms with Gasteiger partial charge in [-0.15, -0.1) is 0 Å². The molecule has 1 saturated heterocycles. The SMILES string of the molecule is Fc1ccc(C2=CC3CCC(C2)N3Cc2ccccc2)cc1C(F)(F)F.